The number of thiocarbonyl (C=S) groups is 1. The Morgan fingerprint density at radius 2 is 2.25 bits per heavy atom. The van der Waals surface area contributed by atoms with Crippen molar-refractivity contribution in [2.75, 3.05) is 13.7 Å². The number of methoxy groups -OCH3 is 1. The fourth-order valence-electron chi connectivity index (χ4n) is 1.77. The maximum absolute atomic E-state index is 12.1. The lowest BCUT2D eigenvalue weighted by atomic mass is 10.1. The quantitative estimate of drug-likeness (QED) is 0.681. The Bertz CT molecular complexity index is 616. The number of halogens is 1. The van der Waals surface area contributed by atoms with E-state index >= 15 is 0 Å². The Morgan fingerprint density at radius 1 is 1.55 bits per heavy atom. The zero-order chi connectivity index (χ0) is 14.9. The lowest BCUT2D eigenvalue weighted by molar-refractivity contribution is -0.121. The molecule has 1 amide bonds. The Labute approximate surface area is 131 Å². The molecule has 1 heterocycles. The van der Waals surface area contributed by atoms with Gasteiger partial charge in [-0.05, 0) is 19.1 Å². The van der Waals surface area contributed by atoms with Crippen molar-refractivity contribution in [3.8, 4) is 11.5 Å². The van der Waals surface area contributed by atoms with Crippen molar-refractivity contribution in [1.82, 2.24) is 4.90 Å². The molecule has 0 bridgehead atoms. The molecule has 0 aliphatic carbocycles. The van der Waals surface area contributed by atoms with Crippen molar-refractivity contribution in [3.63, 3.8) is 0 Å². The van der Waals surface area contributed by atoms with E-state index in [4.69, 9.17) is 28.6 Å². The summed E-state index contributed by atoms with van der Waals surface area (Å²) in [6.07, 6.45) is 1.57. The Balaban J connectivity index is 2.44. The summed E-state index contributed by atoms with van der Waals surface area (Å²) in [6, 6.07) is 3.07. The van der Waals surface area contributed by atoms with Crippen molar-refractivity contribution in [3.05, 3.63) is 27.6 Å². The number of aromatic hydroxyl groups is 1. The number of amides is 1. The van der Waals surface area contributed by atoms with Crippen LogP contribution in [0, 0.1) is 0 Å². The van der Waals surface area contributed by atoms with E-state index in [1.807, 2.05) is 6.92 Å². The lowest BCUT2D eigenvalue weighted by Crippen LogP contribution is -2.27. The Kier molecular flexibility index (Phi) is 4.57. The number of rotatable bonds is 3. The van der Waals surface area contributed by atoms with E-state index in [2.05, 4.69) is 0 Å². The van der Waals surface area contributed by atoms with E-state index in [-0.39, 0.29) is 17.4 Å². The maximum Gasteiger partial charge on any atom is 0.266 e. The number of carbonyl (C=O) groups excluding carboxylic acids is 1. The van der Waals surface area contributed by atoms with Crippen LogP contribution in [0.15, 0.2) is 17.0 Å². The van der Waals surface area contributed by atoms with Crippen LogP contribution < -0.4 is 4.74 Å². The molecule has 1 saturated heterocycles. The standard InChI is InChI=1S/C13H12ClNO3S2/c1-3-15-12(17)10(20-13(15)19)5-7-4-8(14)6-9(18-2)11(7)16/h4-6,16H,3H2,1-2H3/b10-5+. The van der Waals surface area contributed by atoms with Crippen LogP contribution in [0.25, 0.3) is 6.08 Å². The molecule has 7 heteroatoms. The third-order valence-electron chi connectivity index (χ3n) is 2.77. The van der Waals surface area contributed by atoms with Crippen molar-refractivity contribution < 1.29 is 14.6 Å². The number of thioether (sulfide) groups is 1. The van der Waals surface area contributed by atoms with E-state index < -0.39 is 0 Å². The summed E-state index contributed by atoms with van der Waals surface area (Å²) < 4.78 is 5.54. The predicted molar refractivity (Wildman–Crippen MR) is 85.2 cm³/mol. The van der Waals surface area contributed by atoms with Crippen molar-refractivity contribution >= 4 is 51.9 Å². The molecule has 0 atom stereocenters. The Morgan fingerprint density at radius 3 is 2.80 bits per heavy atom. The van der Waals surface area contributed by atoms with Crippen LogP contribution in [0.5, 0.6) is 11.5 Å². The van der Waals surface area contributed by atoms with Gasteiger partial charge in [-0.15, -0.1) is 0 Å². The van der Waals surface area contributed by atoms with E-state index in [1.54, 1.807) is 12.1 Å². The molecule has 20 heavy (non-hydrogen) atoms. The highest BCUT2D eigenvalue weighted by Crippen LogP contribution is 2.38. The first-order valence-corrected chi connectivity index (χ1v) is 7.40. The summed E-state index contributed by atoms with van der Waals surface area (Å²) in [5, 5.41) is 10.5. The van der Waals surface area contributed by atoms with E-state index in [0.717, 1.165) is 0 Å². The number of hydrogen-bond donors (Lipinski definition) is 1. The fraction of sp³-hybridized carbons (Fsp3) is 0.231. The van der Waals surface area contributed by atoms with Crippen molar-refractivity contribution in [2.24, 2.45) is 0 Å². The summed E-state index contributed by atoms with van der Waals surface area (Å²) in [5.41, 5.74) is 0.422. The highest BCUT2D eigenvalue weighted by molar-refractivity contribution is 8.26. The number of phenolic OH excluding ortho intramolecular Hbond substituents is 1. The van der Waals surface area contributed by atoms with E-state index in [9.17, 15) is 9.90 Å². The highest BCUT2D eigenvalue weighted by Gasteiger charge is 2.30. The van der Waals surface area contributed by atoms with Crippen LogP contribution in [-0.2, 0) is 4.79 Å². The zero-order valence-corrected chi connectivity index (χ0v) is 13.2. The van der Waals surface area contributed by atoms with E-state index in [0.29, 0.717) is 26.4 Å². The molecule has 1 aliphatic heterocycles. The van der Waals surface area contributed by atoms with Gasteiger partial charge in [-0.2, -0.15) is 0 Å². The van der Waals surface area contributed by atoms with Gasteiger partial charge in [0.1, 0.15) is 4.32 Å². The van der Waals surface area contributed by atoms with Gasteiger partial charge in [0.05, 0.1) is 12.0 Å². The first-order valence-electron chi connectivity index (χ1n) is 5.79. The molecule has 1 N–H and O–H groups in total. The third-order valence-corrected chi connectivity index (χ3v) is 4.36. The molecule has 0 unspecified atom stereocenters. The smallest absolute Gasteiger partial charge is 0.266 e. The second-order valence-corrected chi connectivity index (χ2v) is 6.08. The topological polar surface area (TPSA) is 49.8 Å². The maximum atomic E-state index is 12.1. The summed E-state index contributed by atoms with van der Waals surface area (Å²) >= 11 is 12.3. The largest absolute Gasteiger partial charge is 0.504 e. The highest BCUT2D eigenvalue weighted by atomic mass is 35.5. The third kappa shape index (κ3) is 2.77. The molecule has 1 aromatic carbocycles. The summed E-state index contributed by atoms with van der Waals surface area (Å²) in [6.45, 7) is 2.38. The summed E-state index contributed by atoms with van der Waals surface area (Å²) in [5.74, 6) is 0.0363. The average molecular weight is 330 g/mol. The predicted octanol–water partition coefficient (Wildman–Crippen LogP) is 3.28. The fourth-order valence-corrected chi connectivity index (χ4v) is 3.37. The van der Waals surface area contributed by atoms with Crippen LogP contribution >= 0.6 is 35.6 Å². The number of carbonyl (C=O) groups is 1. The number of ether oxygens (including phenoxy) is 1. The number of hydrogen-bond acceptors (Lipinski definition) is 5. The molecule has 1 fully saturated rings. The minimum absolute atomic E-state index is 0.0568. The van der Waals surface area contributed by atoms with Gasteiger partial charge in [-0.3, -0.25) is 9.69 Å². The number of benzene rings is 1. The van der Waals surface area contributed by atoms with Crippen LogP contribution in [0.1, 0.15) is 12.5 Å². The van der Waals surface area contributed by atoms with Gasteiger partial charge in [0, 0.05) is 23.2 Å². The average Bonchev–Trinajstić information content (AvgIpc) is 2.67. The van der Waals surface area contributed by atoms with Crippen molar-refractivity contribution in [1.29, 1.82) is 0 Å². The number of likely N-dealkylation sites (N-methyl/N-ethyl adjacent to an activating group) is 1. The first kappa shape index (κ1) is 15.2. The number of phenols is 1. The molecule has 0 spiro atoms. The second-order valence-electron chi connectivity index (χ2n) is 3.97. The van der Waals surface area contributed by atoms with Gasteiger partial charge >= 0.3 is 0 Å². The summed E-state index contributed by atoms with van der Waals surface area (Å²) in [7, 11) is 1.44. The second kappa shape index (κ2) is 6.03. The van der Waals surface area contributed by atoms with Crippen molar-refractivity contribution in [2.45, 2.75) is 6.92 Å². The molecule has 106 valence electrons. The SMILES string of the molecule is CCN1C(=O)/C(=C\c2cc(Cl)cc(OC)c2O)SC1=S. The molecule has 1 aromatic rings. The lowest BCUT2D eigenvalue weighted by Gasteiger charge is -2.10. The molecule has 1 aliphatic rings. The molecule has 0 aromatic heterocycles. The molecule has 4 nitrogen and oxygen atoms in total. The summed E-state index contributed by atoms with van der Waals surface area (Å²) in [4.78, 5) is 14.1. The minimum Gasteiger partial charge on any atom is -0.504 e. The van der Waals surface area contributed by atoms with Gasteiger partial charge in [0.25, 0.3) is 5.91 Å². The van der Waals surface area contributed by atoms with Crippen LogP contribution in [0.3, 0.4) is 0 Å². The van der Waals surface area contributed by atoms with Gasteiger partial charge in [-0.25, -0.2) is 0 Å². The van der Waals surface area contributed by atoms with Gasteiger partial charge < -0.3 is 9.84 Å². The van der Waals surface area contributed by atoms with Crippen LogP contribution in [0.2, 0.25) is 5.02 Å². The molecule has 0 saturated carbocycles. The zero-order valence-electron chi connectivity index (χ0n) is 10.8. The monoisotopic (exact) mass is 329 g/mol. The molecular weight excluding hydrogens is 318 g/mol. The van der Waals surface area contributed by atoms with Crippen LogP contribution in [0.4, 0.5) is 0 Å². The van der Waals surface area contributed by atoms with Gasteiger partial charge in [-0.1, -0.05) is 35.6 Å². The van der Waals surface area contributed by atoms with E-state index in [1.165, 1.54) is 29.8 Å². The molecular formula is C13H12ClNO3S2. The van der Waals surface area contributed by atoms with Crippen LogP contribution in [-0.4, -0.2) is 33.9 Å². The van der Waals surface area contributed by atoms with Gasteiger partial charge in [0.2, 0.25) is 0 Å². The normalized spacial score (nSPS) is 17.1. The molecule has 2 rings (SSSR count). The minimum atomic E-state index is -0.166. The Hall–Kier alpha value is -1.24. The number of nitrogens with zero attached hydrogens (tertiary/aromatic N) is 1. The molecule has 0 radical (unpaired) electrons. The first-order chi connectivity index (χ1) is 9.47. The van der Waals surface area contributed by atoms with Gasteiger partial charge in [0.15, 0.2) is 11.5 Å².